The Kier molecular flexibility index (Phi) is 6.82. The molecular formula is C28H33ClN6O3. The van der Waals surface area contributed by atoms with Crippen molar-refractivity contribution in [2.45, 2.75) is 71.4 Å². The number of hydrogen-bond acceptors (Lipinski definition) is 7. The highest BCUT2D eigenvalue weighted by Crippen LogP contribution is 2.47. The van der Waals surface area contributed by atoms with Gasteiger partial charge in [0.2, 0.25) is 5.82 Å². The molecule has 2 aliphatic carbocycles. The number of hydrogen-bond donors (Lipinski definition) is 1. The number of halogens is 1. The summed E-state index contributed by atoms with van der Waals surface area (Å²) < 4.78 is 13.5. The van der Waals surface area contributed by atoms with E-state index in [0.717, 1.165) is 41.2 Å². The fourth-order valence-electron chi connectivity index (χ4n) is 5.94. The highest BCUT2D eigenvalue weighted by Gasteiger charge is 2.39. The molecule has 2 saturated carbocycles. The van der Waals surface area contributed by atoms with Crippen molar-refractivity contribution in [2.24, 2.45) is 17.8 Å². The molecule has 10 heteroatoms. The smallest absolute Gasteiger partial charge is 0.370 e. The number of imidazole rings is 1. The lowest BCUT2D eigenvalue weighted by Crippen LogP contribution is -2.25. The first kappa shape index (κ1) is 25.2. The molecule has 0 aromatic carbocycles. The SMILES string of the molecule is CCO[C@@H](c1nc2cc(-c3noc(=O)[nH]3)nc(-c3cncc(Cl)c3)c2n1[C@H](C)C1CCC(C)CC1)C1CC1. The summed E-state index contributed by atoms with van der Waals surface area (Å²) in [5.41, 5.74) is 3.62. The van der Waals surface area contributed by atoms with Crippen molar-refractivity contribution in [1.82, 2.24) is 29.7 Å². The van der Waals surface area contributed by atoms with Gasteiger partial charge in [0.15, 0.2) is 0 Å². The van der Waals surface area contributed by atoms with Crippen LogP contribution >= 0.6 is 11.6 Å². The summed E-state index contributed by atoms with van der Waals surface area (Å²) in [7, 11) is 0. The summed E-state index contributed by atoms with van der Waals surface area (Å²) in [6, 6.07) is 3.93. The van der Waals surface area contributed by atoms with Gasteiger partial charge in [0, 0.05) is 30.6 Å². The first-order valence-electron chi connectivity index (χ1n) is 13.6. The van der Waals surface area contributed by atoms with Gasteiger partial charge in [0.1, 0.15) is 17.6 Å². The van der Waals surface area contributed by atoms with Crippen molar-refractivity contribution in [3.63, 3.8) is 0 Å². The molecule has 38 heavy (non-hydrogen) atoms. The van der Waals surface area contributed by atoms with Crippen LogP contribution in [0, 0.1) is 17.8 Å². The molecule has 0 spiro atoms. The number of fused-ring (bicyclic) bond motifs is 1. The Bertz CT molecular complexity index is 1500. The van der Waals surface area contributed by atoms with Gasteiger partial charge in [-0.1, -0.05) is 36.5 Å². The normalized spacial score (nSPS) is 21.6. The second kappa shape index (κ2) is 10.3. The molecule has 0 amide bonds. The highest BCUT2D eigenvalue weighted by molar-refractivity contribution is 6.30. The van der Waals surface area contributed by atoms with Crippen LogP contribution in [0.3, 0.4) is 0 Å². The van der Waals surface area contributed by atoms with Gasteiger partial charge in [0.05, 0.1) is 21.7 Å². The molecule has 4 heterocycles. The fraction of sp³-hybridized carbons (Fsp3) is 0.536. The fourth-order valence-corrected chi connectivity index (χ4v) is 6.11. The first-order chi connectivity index (χ1) is 18.4. The van der Waals surface area contributed by atoms with E-state index in [0.29, 0.717) is 34.9 Å². The minimum atomic E-state index is -0.635. The third kappa shape index (κ3) is 4.78. The van der Waals surface area contributed by atoms with Gasteiger partial charge in [0.25, 0.3) is 0 Å². The summed E-state index contributed by atoms with van der Waals surface area (Å²) in [5.74, 6) is 2.31. The lowest BCUT2D eigenvalue weighted by Gasteiger charge is -2.33. The van der Waals surface area contributed by atoms with E-state index in [1.165, 1.54) is 25.7 Å². The third-order valence-corrected chi connectivity index (χ3v) is 8.36. The van der Waals surface area contributed by atoms with Gasteiger partial charge in [-0.2, -0.15) is 0 Å². The molecule has 2 fully saturated rings. The standard InChI is InChI=1S/C28H33ClN6O3/c1-4-37-25(18-9-10-18)27-32-21-12-22(26-33-28(36)38-34-26)31-23(19-11-20(29)14-30-13-19)24(21)35(27)16(3)17-7-5-15(2)6-8-17/h11-18,25H,4-10H2,1-3H3,(H,33,34,36)/t15?,16-,17?,25-/m1/s1. The maximum atomic E-state index is 11.7. The maximum Gasteiger partial charge on any atom is 0.439 e. The molecule has 4 aromatic heterocycles. The average molecular weight is 537 g/mol. The Hall–Kier alpha value is -3.04. The molecule has 4 aromatic rings. The van der Waals surface area contributed by atoms with Crippen LogP contribution in [0.2, 0.25) is 5.02 Å². The van der Waals surface area contributed by atoms with E-state index in [1.54, 1.807) is 12.4 Å². The Morgan fingerprint density at radius 1 is 1.13 bits per heavy atom. The Morgan fingerprint density at radius 3 is 2.55 bits per heavy atom. The number of H-pyrrole nitrogens is 1. The first-order valence-corrected chi connectivity index (χ1v) is 14.0. The summed E-state index contributed by atoms with van der Waals surface area (Å²) in [6.45, 7) is 7.32. The zero-order chi connectivity index (χ0) is 26.4. The third-order valence-electron chi connectivity index (χ3n) is 8.16. The molecule has 0 radical (unpaired) electrons. The second-order valence-electron chi connectivity index (χ2n) is 10.9. The van der Waals surface area contributed by atoms with E-state index in [2.05, 4.69) is 33.5 Å². The van der Waals surface area contributed by atoms with Crippen LogP contribution in [0.25, 0.3) is 33.8 Å². The van der Waals surface area contributed by atoms with Gasteiger partial charge >= 0.3 is 5.76 Å². The van der Waals surface area contributed by atoms with Crippen LogP contribution in [0.5, 0.6) is 0 Å². The van der Waals surface area contributed by atoms with Crippen LogP contribution in [0.4, 0.5) is 0 Å². The zero-order valence-corrected chi connectivity index (χ0v) is 22.7. The molecule has 2 aliphatic rings. The van der Waals surface area contributed by atoms with Crippen LogP contribution in [0.1, 0.15) is 77.3 Å². The van der Waals surface area contributed by atoms with Gasteiger partial charge in [-0.05, 0) is 69.4 Å². The van der Waals surface area contributed by atoms with Gasteiger partial charge in [-0.3, -0.25) is 14.5 Å². The van der Waals surface area contributed by atoms with Crippen molar-refractivity contribution in [3.8, 4) is 22.8 Å². The van der Waals surface area contributed by atoms with Gasteiger partial charge in [-0.25, -0.2) is 14.8 Å². The highest BCUT2D eigenvalue weighted by atomic mass is 35.5. The number of nitrogens with zero attached hydrogens (tertiary/aromatic N) is 5. The maximum absolute atomic E-state index is 11.7. The summed E-state index contributed by atoms with van der Waals surface area (Å²) in [4.78, 5) is 28.9. The molecule has 0 aliphatic heterocycles. The number of aromatic amines is 1. The van der Waals surface area contributed by atoms with E-state index in [9.17, 15) is 4.79 Å². The van der Waals surface area contributed by atoms with Crippen molar-refractivity contribution in [3.05, 3.63) is 45.9 Å². The van der Waals surface area contributed by atoms with Gasteiger partial charge in [-0.15, -0.1) is 0 Å². The van der Waals surface area contributed by atoms with E-state index in [4.69, 9.17) is 30.8 Å². The van der Waals surface area contributed by atoms with Crippen molar-refractivity contribution >= 4 is 22.6 Å². The second-order valence-corrected chi connectivity index (χ2v) is 11.3. The van der Waals surface area contributed by atoms with Crippen molar-refractivity contribution in [2.75, 3.05) is 6.61 Å². The molecule has 2 atom stereocenters. The van der Waals surface area contributed by atoms with E-state index >= 15 is 0 Å². The monoisotopic (exact) mass is 536 g/mol. The van der Waals surface area contributed by atoms with Crippen LogP contribution in [-0.2, 0) is 4.74 Å². The molecular weight excluding hydrogens is 504 g/mol. The van der Waals surface area contributed by atoms with Gasteiger partial charge < -0.3 is 9.30 Å². The quantitative estimate of drug-likeness (QED) is 0.278. The molecule has 6 rings (SSSR count). The number of pyridine rings is 2. The topological polar surface area (TPSA) is 112 Å². The number of rotatable bonds is 8. The molecule has 0 bridgehead atoms. The average Bonchev–Trinajstić information content (AvgIpc) is 3.54. The van der Waals surface area contributed by atoms with E-state index in [1.807, 2.05) is 19.1 Å². The summed E-state index contributed by atoms with van der Waals surface area (Å²) >= 11 is 6.38. The van der Waals surface area contributed by atoms with Crippen molar-refractivity contribution < 1.29 is 9.26 Å². The number of ether oxygens (including phenoxy) is 1. The molecule has 200 valence electrons. The summed E-state index contributed by atoms with van der Waals surface area (Å²) in [5, 5.41) is 4.40. The van der Waals surface area contributed by atoms with E-state index < -0.39 is 5.76 Å². The number of nitrogens with one attached hydrogen (secondary N) is 1. The predicted molar refractivity (Wildman–Crippen MR) is 145 cm³/mol. The lowest BCUT2D eigenvalue weighted by molar-refractivity contribution is 0.0355. The Morgan fingerprint density at radius 2 is 1.89 bits per heavy atom. The Labute approximate surface area is 226 Å². The molecule has 0 unspecified atom stereocenters. The Balaban J connectivity index is 1.61. The lowest BCUT2D eigenvalue weighted by atomic mass is 9.79. The number of aromatic nitrogens is 6. The van der Waals surface area contributed by atoms with Crippen LogP contribution in [0.15, 0.2) is 33.8 Å². The van der Waals surface area contributed by atoms with Crippen LogP contribution in [-0.4, -0.2) is 36.3 Å². The minimum Gasteiger partial charge on any atom is -0.370 e. The van der Waals surface area contributed by atoms with Crippen LogP contribution < -0.4 is 5.76 Å². The molecule has 0 saturated heterocycles. The largest absolute Gasteiger partial charge is 0.439 e. The predicted octanol–water partition coefficient (Wildman–Crippen LogP) is 6.36. The molecule has 9 nitrogen and oxygen atoms in total. The zero-order valence-electron chi connectivity index (χ0n) is 22.0. The molecule has 1 N–H and O–H groups in total. The summed E-state index contributed by atoms with van der Waals surface area (Å²) in [6.07, 6.45) is 10.4. The minimum absolute atomic E-state index is 0.0852. The van der Waals surface area contributed by atoms with Crippen molar-refractivity contribution in [1.29, 1.82) is 0 Å². The van der Waals surface area contributed by atoms with E-state index in [-0.39, 0.29) is 18.0 Å².